The van der Waals surface area contributed by atoms with Crippen molar-refractivity contribution in [3.63, 3.8) is 0 Å². The summed E-state index contributed by atoms with van der Waals surface area (Å²) in [5, 5.41) is 8.53. The third kappa shape index (κ3) is 6.48. The molecular formula is C20H19N3O6. The van der Waals surface area contributed by atoms with Gasteiger partial charge in [-0.05, 0) is 30.3 Å². The van der Waals surface area contributed by atoms with Gasteiger partial charge in [0.05, 0.1) is 19.2 Å². The summed E-state index contributed by atoms with van der Waals surface area (Å²) in [6.07, 6.45) is 4.06. The maximum absolute atomic E-state index is 11.8. The zero-order valence-electron chi connectivity index (χ0n) is 15.6. The number of nitrogens with zero attached hydrogens (tertiary/aromatic N) is 1. The van der Waals surface area contributed by atoms with E-state index in [1.165, 1.54) is 37.5 Å². The molecule has 2 aromatic carbocycles. The van der Waals surface area contributed by atoms with Crippen LogP contribution in [0.3, 0.4) is 0 Å². The lowest BCUT2D eigenvalue weighted by molar-refractivity contribution is -0.141. The number of nitriles is 1. The molecule has 0 amide bonds. The average molecular weight is 397 g/mol. The lowest BCUT2D eigenvalue weighted by Crippen LogP contribution is -2.14. The van der Waals surface area contributed by atoms with Crippen LogP contribution < -0.4 is 25.7 Å². The lowest BCUT2D eigenvalue weighted by atomic mass is 10.2. The molecule has 0 aromatic heterocycles. The Labute approximate surface area is 167 Å². The molecule has 4 N–H and O–H groups in total. The molecule has 0 saturated carbocycles. The van der Waals surface area contributed by atoms with Crippen LogP contribution in [0, 0.1) is 11.5 Å². The van der Waals surface area contributed by atoms with Gasteiger partial charge in [-0.2, -0.15) is 0 Å². The Kier molecular flexibility index (Phi) is 7.44. The van der Waals surface area contributed by atoms with Gasteiger partial charge in [-0.15, -0.1) is 5.26 Å². The molecule has 0 atom stereocenters. The Bertz CT molecular complexity index is 965. The molecule has 9 heteroatoms. The molecule has 0 fully saturated rings. The van der Waals surface area contributed by atoms with Crippen molar-refractivity contribution in [3.05, 3.63) is 48.0 Å². The highest BCUT2D eigenvalue weighted by atomic mass is 16.5. The molecule has 0 unspecified atom stereocenters. The number of carbonyl (C=O) groups excluding carboxylic acids is 2. The van der Waals surface area contributed by atoms with Gasteiger partial charge in [-0.25, -0.2) is 4.79 Å². The van der Waals surface area contributed by atoms with Crippen LogP contribution in [-0.4, -0.2) is 25.7 Å². The van der Waals surface area contributed by atoms with E-state index in [2.05, 4.69) is 0 Å². The van der Waals surface area contributed by atoms with E-state index in [1.54, 1.807) is 24.5 Å². The molecule has 0 aliphatic rings. The molecule has 2 rings (SSSR count). The molecule has 0 aliphatic carbocycles. The average Bonchev–Trinajstić information content (AvgIpc) is 2.70. The van der Waals surface area contributed by atoms with Gasteiger partial charge in [0.25, 0.3) is 6.26 Å². The van der Waals surface area contributed by atoms with Gasteiger partial charge in [-0.3, -0.25) is 4.79 Å². The van der Waals surface area contributed by atoms with Crippen molar-refractivity contribution >= 4 is 29.4 Å². The Morgan fingerprint density at radius 1 is 1.14 bits per heavy atom. The van der Waals surface area contributed by atoms with Crippen LogP contribution in [0.15, 0.2) is 42.5 Å². The van der Waals surface area contributed by atoms with Crippen molar-refractivity contribution in [2.45, 2.75) is 6.42 Å². The number of anilines is 2. The summed E-state index contributed by atoms with van der Waals surface area (Å²) < 4.78 is 20.0. The first-order valence-corrected chi connectivity index (χ1v) is 8.37. The van der Waals surface area contributed by atoms with Crippen molar-refractivity contribution in [1.29, 1.82) is 5.26 Å². The zero-order chi connectivity index (χ0) is 21.2. The SMILES string of the molecule is COc1cc(OC#N)ccc1/C=C/C(=O)OCCC(=O)Oc1cc(N)ccc1N. The van der Waals surface area contributed by atoms with Gasteiger partial charge >= 0.3 is 11.9 Å². The summed E-state index contributed by atoms with van der Waals surface area (Å²) >= 11 is 0. The number of benzene rings is 2. The van der Waals surface area contributed by atoms with Crippen LogP contribution in [0.25, 0.3) is 6.08 Å². The molecule has 0 saturated heterocycles. The van der Waals surface area contributed by atoms with E-state index in [0.717, 1.165) is 0 Å². The smallest absolute Gasteiger partial charge is 0.330 e. The van der Waals surface area contributed by atoms with Crippen LogP contribution in [0.5, 0.6) is 17.2 Å². The molecule has 0 bridgehead atoms. The van der Waals surface area contributed by atoms with Gasteiger partial charge in [0.2, 0.25) is 0 Å². The highest BCUT2D eigenvalue weighted by Crippen LogP contribution is 2.26. The molecule has 0 spiro atoms. The molecule has 0 aliphatic heterocycles. The van der Waals surface area contributed by atoms with E-state index in [9.17, 15) is 9.59 Å². The fraction of sp³-hybridized carbons (Fsp3) is 0.150. The number of carbonyl (C=O) groups is 2. The largest absolute Gasteiger partial charge is 0.496 e. The minimum atomic E-state index is -0.652. The van der Waals surface area contributed by atoms with E-state index in [1.807, 2.05) is 0 Å². The standard InChI is InChI=1S/C20H19N3O6/c1-26-17-11-15(28-12-21)5-2-13(17)3-7-19(24)27-9-8-20(25)29-18-10-14(22)4-6-16(18)23/h2-7,10-11H,8-9,22-23H2,1H3/b7-3+. The third-order valence-corrected chi connectivity index (χ3v) is 3.58. The molecule has 2 aromatic rings. The van der Waals surface area contributed by atoms with Crippen molar-refractivity contribution in [2.75, 3.05) is 25.2 Å². The number of hydrogen-bond donors (Lipinski definition) is 2. The Morgan fingerprint density at radius 2 is 1.93 bits per heavy atom. The maximum Gasteiger partial charge on any atom is 0.330 e. The van der Waals surface area contributed by atoms with Crippen molar-refractivity contribution in [3.8, 4) is 23.5 Å². The second-order valence-corrected chi connectivity index (χ2v) is 5.62. The van der Waals surface area contributed by atoms with Crippen LogP contribution in [-0.2, 0) is 14.3 Å². The molecular weight excluding hydrogens is 378 g/mol. The Balaban J connectivity index is 1.84. The van der Waals surface area contributed by atoms with Gasteiger partial charge in [0, 0.05) is 29.5 Å². The normalized spacial score (nSPS) is 10.2. The van der Waals surface area contributed by atoms with Crippen LogP contribution in [0.1, 0.15) is 12.0 Å². The van der Waals surface area contributed by atoms with Crippen LogP contribution >= 0.6 is 0 Å². The number of nitrogen functional groups attached to an aromatic ring is 2. The first kappa shape index (κ1) is 21.1. The summed E-state index contributed by atoms with van der Waals surface area (Å²) in [4.78, 5) is 23.6. The van der Waals surface area contributed by atoms with Gasteiger partial charge < -0.3 is 30.4 Å². The minimum Gasteiger partial charge on any atom is -0.496 e. The number of ether oxygens (including phenoxy) is 4. The van der Waals surface area contributed by atoms with Crippen LogP contribution in [0.2, 0.25) is 0 Å². The molecule has 29 heavy (non-hydrogen) atoms. The van der Waals surface area contributed by atoms with Gasteiger partial charge in [-0.1, -0.05) is 0 Å². The summed E-state index contributed by atoms with van der Waals surface area (Å²) in [5.74, 6) is -0.403. The predicted molar refractivity (Wildman–Crippen MR) is 105 cm³/mol. The number of hydrogen-bond acceptors (Lipinski definition) is 9. The van der Waals surface area contributed by atoms with Crippen molar-refractivity contribution < 1.29 is 28.5 Å². The number of methoxy groups -OCH3 is 1. The van der Waals surface area contributed by atoms with Crippen LogP contribution in [0.4, 0.5) is 11.4 Å². The van der Waals surface area contributed by atoms with E-state index in [4.69, 9.17) is 35.7 Å². The topological polar surface area (TPSA) is 147 Å². The first-order valence-electron chi connectivity index (χ1n) is 8.37. The fourth-order valence-electron chi connectivity index (χ4n) is 2.20. The third-order valence-electron chi connectivity index (χ3n) is 3.58. The second kappa shape index (κ2) is 10.2. The Hall–Kier alpha value is -4.19. The molecule has 9 nitrogen and oxygen atoms in total. The monoisotopic (exact) mass is 397 g/mol. The quantitative estimate of drug-likeness (QED) is 0.225. The van der Waals surface area contributed by atoms with E-state index in [-0.39, 0.29) is 24.5 Å². The highest BCUT2D eigenvalue weighted by molar-refractivity contribution is 5.88. The predicted octanol–water partition coefficient (Wildman–Crippen LogP) is 2.27. The summed E-state index contributed by atoms with van der Waals surface area (Å²) in [7, 11) is 1.44. The number of nitrogens with two attached hydrogens (primary N) is 2. The highest BCUT2D eigenvalue weighted by Gasteiger charge is 2.10. The minimum absolute atomic E-state index is 0.150. The zero-order valence-corrected chi connectivity index (χ0v) is 15.6. The lowest BCUT2D eigenvalue weighted by Gasteiger charge is -2.08. The first-order chi connectivity index (χ1) is 13.9. The summed E-state index contributed by atoms with van der Waals surface area (Å²) in [5.41, 5.74) is 12.6. The van der Waals surface area contributed by atoms with Gasteiger partial charge in [0.15, 0.2) is 5.75 Å². The second-order valence-electron chi connectivity index (χ2n) is 5.62. The summed E-state index contributed by atoms with van der Waals surface area (Å²) in [6.45, 7) is -0.170. The Morgan fingerprint density at radius 3 is 2.66 bits per heavy atom. The van der Waals surface area contributed by atoms with E-state index < -0.39 is 11.9 Å². The summed E-state index contributed by atoms with van der Waals surface area (Å²) in [6, 6.07) is 9.21. The molecule has 150 valence electrons. The maximum atomic E-state index is 11.8. The number of rotatable bonds is 8. The molecule has 0 radical (unpaired) electrons. The fourth-order valence-corrected chi connectivity index (χ4v) is 2.20. The molecule has 0 heterocycles. The van der Waals surface area contributed by atoms with E-state index in [0.29, 0.717) is 22.7 Å². The number of esters is 2. The van der Waals surface area contributed by atoms with Gasteiger partial charge in [0.1, 0.15) is 18.1 Å². The van der Waals surface area contributed by atoms with Crippen molar-refractivity contribution in [1.82, 2.24) is 0 Å². The van der Waals surface area contributed by atoms with Crippen molar-refractivity contribution in [2.24, 2.45) is 0 Å². The van der Waals surface area contributed by atoms with E-state index >= 15 is 0 Å².